The largest absolute Gasteiger partial charge is 0.478 e. The van der Waals surface area contributed by atoms with Gasteiger partial charge in [-0.1, -0.05) is 0 Å². The smallest absolute Gasteiger partial charge is 0.422 e. The number of hydrogen-bond acceptors (Lipinski definition) is 1. The van der Waals surface area contributed by atoms with Crippen molar-refractivity contribution in [2.24, 2.45) is 5.92 Å². The molecular formula is C17H20F6O. The monoisotopic (exact) mass is 354 g/mol. The lowest BCUT2D eigenvalue weighted by Crippen LogP contribution is -2.20. The van der Waals surface area contributed by atoms with Crippen LogP contribution in [0.25, 0.3) is 0 Å². The molecule has 0 aromatic heterocycles. The molecule has 0 saturated heterocycles. The van der Waals surface area contributed by atoms with Crippen LogP contribution < -0.4 is 4.74 Å². The first kappa shape index (κ1) is 18.9. The van der Waals surface area contributed by atoms with Gasteiger partial charge in [-0.2, -0.15) is 13.2 Å². The van der Waals surface area contributed by atoms with E-state index in [1.54, 1.807) is 0 Å². The van der Waals surface area contributed by atoms with Crippen LogP contribution in [0, 0.1) is 17.6 Å². The first-order valence-corrected chi connectivity index (χ1v) is 8.04. The molecule has 136 valence electrons. The Morgan fingerprint density at radius 2 is 1.58 bits per heavy atom. The Balaban J connectivity index is 2.00. The number of alkyl halides is 4. The molecule has 1 aliphatic carbocycles. The summed E-state index contributed by atoms with van der Waals surface area (Å²) in [5.41, 5.74) is 0.438. The van der Waals surface area contributed by atoms with E-state index in [-0.39, 0.29) is 12.6 Å². The summed E-state index contributed by atoms with van der Waals surface area (Å²) in [5, 5.41) is 0. The predicted octanol–water partition coefficient (Wildman–Crippen LogP) is 5.93. The Bertz CT molecular complexity index is 511. The molecule has 0 amide bonds. The molecular weight excluding hydrogens is 334 g/mol. The number of halogens is 6. The van der Waals surface area contributed by atoms with E-state index in [1.807, 2.05) is 0 Å². The minimum atomic E-state index is -4.66. The number of hydrogen-bond donors (Lipinski definition) is 0. The van der Waals surface area contributed by atoms with Gasteiger partial charge in [0.05, 0.1) is 6.67 Å². The summed E-state index contributed by atoms with van der Waals surface area (Å²) in [7, 11) is 0. The second kappa shape index (κ2) is 8.12. The van der Waals surface area contributed by atoms with E-state index in [4.69, 9.17) is 0 Å². The fourth-order valence-corrected chi connectivity index (χ4v) is 3.26. The summed E-state index contributed by atoms with van der Waals surface area (Å²) in [6, 6.07) is 2.11. The summed E-state index contributed by atoms with van der Waals surface area (Å²) in [6.45, 7) is -2.07. The molecule has 1 fully saturated rings. The van der Waals surface area contributed by atoms with Gasteiger partial charge >= 0.3 is 6.18 Å². The molecule has 7 heteroatoms. The quantitative estimate of drug-likeness (QED) is 0.576. The third-order valence-electron chi connectivity index (χ3n) is 4.46. The van der Waals surface area contributed by atoms with E-state index in [1.165, 1.54) is 0 Å². The molecule has 0 unspecified atom stereocenters. The summed E-state index contributed by atoms with van der Waals surface area (Å²) < 4.78 is 80.6. The van der Waals surface area contributed by atoms with Crippen LogP contribution in [0.15, 0.2) is 12.1 Å². The standard InChI is InChI=1S/C17H20F6O/c18-7-1-2-11-3-5-12(6-4-11)13-8-14(19)16(15(20)9-13)24-10-17(21,22)23/h8-9,11-12H,1-7,10H2. The highest BCUT2D eigenvalue weighted by atomic mass is 19.4. The van der Waals surface area contributed by atoms with E-state index < -0.39 is 30.2 Å². The number of benzene rings is 1. The average Bonchev–Trinajstić information content (AvgIpc) is 2.51. The maximum absolute atomic E-state index is 13.9. The molecule has 1 aromatic carbocycles. The van der Waals surface area contributed by atoms with Crippen LogP contribution in [-0.4, -0.2) is 19.5 Å². The van der Waals surface area contributed by atoms with E-state index in [9.17, 15) is 26.3 Å². The molecule has 0 aliphatic heterocycles. The van der Waals surface area contributed by atoms with Crippen molar-refractivity contribution in [3.63, 3.8) is 0 Å². The van der Waals surface area contributed by atoms with E-state index in [0.717, 1.165) is 44.2 Å². The highest BCUT2D eigenvalue weighted by Crippen LogP contribution is 2.39. The molecule has 0 atom stereocenters. The fraction of sp³-hybridized carbons (Fsp3) is 0.647. The molecule has 0 N–H and O–H groups in total. The van der Waals surface area contributed by atoms with E-state index in [0.29, 0.717) is 17.9 Å². The van der Waals surface area contributed by atoms with Gasteiger partial charge in [-0.15, -0.1) is 0 Å². The second-order valence-corrected chi connectivity index (χ2v) is 6.27. The lowest BCUT2D eigenvalue weighted by Gasteiger charge is -2.29. The minimum Gasteiger partial charge on any atom is -0.478 e. The minimum absolute atomic E-state index is 0.0349. The van der Waals surface area contributed by atoms with Gasteiger partial charge in [0.2, 0.25) is 0 Å². The zero-order chi connectivity index (χ0) is 17.7. The molecule has 1 nitrogen and oxygen atoms in total. The number of rotatable bonds is 6. The van der Waals surface area contributed by atoms with Crippen LogP contribution in [0.5, 0.6) is 5.75 Å². The number of ether oxygens (including phenoxy) is 1. The maximum Gasteiger partial charge on any atom is 0.422 e. The molecule has 1 saturated carbocycles. The van der Waals surface area contributed by atoms with Crippen LogP contribution in [0.1, 0.15) is 50.0 Å². The molecule has 1 aromatic rings. The maximum atomic E-state index is 13.9. The van der Waals surface area contributed by atoms with Crippen molar-refractivity contribution in [2.45, 2.75) is 50.6 Å². The molecule has 0 bridgehead atoms. The lowest BCUT2D eigenvalue weighted by atomic mass is 9.77. The van der Waals surface area contributed by atoms with Crippen molar-refractivity contribution in [1.29, 1.82) is 0 Å². The Morgan fingerprint density at radius 1 is 1.00 bits per heavy atom. The fourth-order valence-electron chi connectivity index (χ4n) is 3.26. The van der Waals surface area contributed by atoms with Crippen molar-refractivity contribution in [2.75, 3.05) is 13.3 Å². The van der Waals surface area contributed by atoms with Crippen molar-refractivity contribution >= 4 is 0 Å². The Hall–Kier alpha value is -1.40. The zero-order valence-electron chi connectivity index (χ0n) is 13.1. The molecule has 0 spiro atoms. The van der Waals surface area contributed by atoms with Crippen molar-refractivity contribution in [3.05, 3.63) is 29.3 Å². The average molecular weight is 354 g/mol. The van der Waals surface area contributed by atoms with E-state index >= 15 is 0 Å². The van der Waals surface area contributed by atoms with Crippen molar-refractivity contribution in [1.82, 2.24) is 0 Å². The van der Waals surface area contributed by atoms with Gasteiger partial charge < -0.3 is 4.74 Å². The first-order chi connectivity index (χ1) is 11.3. The van der Waals surface area contributed by atoms with E-state index in [2.05, 4.69) is 4.74 Å². The van der Waals surface area contributed by atoms with Crippen LogP contribution in [0.2, 0.25) is 0 Å². The first-order valence-electron chi connectivity index (χ1n) is 8.04. The van der Waals surface area contributed by atoms with Gasteiger partial charge in [-0.3, -0.25) is 4.39 Å². The second-order valence-electron chi connectivity index (χ2n) is 6.27. The van der Waals surface area contributed by atoms with Gasteiger partial charge in [0.25, 0.3) is 0 Å². The molecule has 0 heterocycles. The topological polar surface area (TPSA) is 9.23 Å². The molecule has 1 aliphatic rings. The molecule has 0 radical (unpaired) electrons. The zero-order valence-corrected chi connectivity index (χ0v) is 13.1. The Morgan fingerprint density at radius 3 is 2.08 bits per heavy atom. The lowest BCUT2D eigenvalue weighted by molar-refractivity contribution is -0.154. The molecule has 2 rings (SSSR count). The summed E-state index contributed by atoms with van der Waals surface area (Å²) >= 11 is 0. The van der Waals surface area contributed by atoms with Gasteiger partial charge in [0, 0.05) is 0 Å². The normalized spacial score (nSPS) is 21.8. The third-order valence-corrected chi connectivity index (χ3v) is 4.46. The van der Waals surface area contributed by atoms with Crippen LogP contribution in [0.4, 0.5) is 26.3 Å². The highest BCUT2D eigenvalue weighted by Gasteiger charge is 2.30. The SMILES string of the molecule is FCCCC1CCC(c2cc(F)c(OCC(F)(F)F)c(F)c2)CC1. The van der Waals surface area contributed by atoms with Crippen molar-refractivity contribution < 1.29 is 31.1 Å². The van der Waals surface area contributed by atoms with Gasteiger partial charge in [-0.05, 0) is 68.1 Å². The Labute approximate surface area is 137 Å². The summed E-state index contributed by atoms with van der Waals surface area (Å²) in [4.78, 5) is 0. The van der Waals surface area contributed by atoms with Gasteiger partial charge in [-0.25, -0.2) is 8.78 Å². The van der Waals surface area contributed by atoms with Crippen LogP contribution in [0.3, 0.4) is 0 Å². The van der Waals surface area contributed by atoms with Crippen LogP contribution >= 0.6 is 0 Å². The van der Waals surface area contributed by atoms with Crippen molar-refractivity contribution in [3.8, 4) is 5.75 Å². The predicted molar refractivity (Wildman–Crippen MR) is 77.8 cm³/mol. The van der Waals surface area contributed by atoms with Gasteiger partial charge in [0.1, 0.15) is 0 Å². The summed E-state index contributed by atoms with van der Waals surface area (Å²) in [5.74, 6) is -2.83. The summed E-state index contributed by atoms with van der Waals surface area (Å²) in [6.07, 6.45) is -0.118. The van der Waals surface area contributed by atoms with Gasteiger partial charge in [0.15, 0.2) is 24.0 Å². The third kappa shape index (κ3) is 5.31. The highest BCUT2D eigenvalue weighted by molar-refractivity contribution is 5.33. The van der Waals surface area contributed by atoms with Crippen LogP contribution in [-0.2, 0) is 0 Å². The molecule has 24 heavy (non-hydrogen) atoms. The Kier molecular flexibility index (Phi) is 6.40.